The first-order valence-electron chi connectivity index (χ1n) is 9.45. The molecule has 0 aliphatic heterocycles. The normalized spacial score (nSPS) is 10.9. The Labute approximate surface area is 185 Å². The third-order valence-corrected chi connectivity index (χ3v) is 4.99. The molecule has 0 aliphatic rings. The molecule has 0 aromatic heterocycles. The molecule has 0 spiro atoms. The van der Waals surface area contributed by atoms with Crippen LogP contribution in [-0.2, 0) is 14.3 Å². The molecular weight excluding hydrogens is 430 g/mol. The SMILES string of the molecule is Cc1ccc(-c2ccccc2C(=O)OS(C)(=O)=O)c(C(=O)Nc2ccc(C(=N)N)cc2)c1. The summed E-state index contributed by atoms with van der Waals surface area (Å²) < 4.78 is 27.4. The summed E-state index contributed by atoms with van der Waals surface area (Å²) in [7, 11) is -4.01. The monoisotopic (exact) mass is 451 g/mol. The van der Waals surface area contributed by atoms with E-state index in [0.29, 0.717) is 27.9 Å². The van der Waals surface area contributed by atoms with Crippen LogP contribution in [0.15, 0.2) is 66.7 Å². The van der Waals surface area contributed by atoms with Crippen LogP contribution in [0.3, 0.4) is 0 Å². The molecule has 3 aromatic rings. The standard InChI is InChI=1S/C23H21N3O5S/c1-14-7-12-18(17-5-3-4-6-19(17)23(28)31-32(2,29)30)20(13-14)22(27)26-16-10-8-15(9-11-16)21(24)25/h3-13H,1-2H3,(H3,24,25)(H,26,27). The van der Waals surface area contributed by atoms with E-state index in [-0.39, 0.29) is 11.4 Å². The number of hydrogen-bond acceptors (Lipinski definition) is 6. The lowest BCUT2D eigenvalue weighted by Crippen LogP contribution is -2.16. The first kappa shape index (κ1) is 22.7. The number of carbonyl (C=O) groups excluding carboxylic acids is 2. The molecule has 0 fully saturated rings. The van der Waals surface area contributed by atoms with Gasteiger partial charge in [-0.3, -0.25) is 10.2 Å². The first-order chi connectivity index (χ1) is 15.0. The van der Waals surface area contributed by atoms with Gasteiger partial charge in [-0.15, -0.1) is 0 Å². The summed E-state index contributed by atoms with van der Waals surface area (Å²) in [5, 5.41) is 10.2. The predicted octanol–water partition coefficient (Wildman–Crippen LogP) is 3.31. The molecule has 0 saturated carbocycles. The highest BCUT2D eigenvalue weighted by atomic mass is 32.2. The van der Waals surface area contributed by atoms with Crippen LogP contribution < -0.4 is 11.1 Å². The lowest BCUT2D eigenvalue weighted by atomic mass is 9.93. The Morgan fingerprint density at radius 1 is 0.938 bits per heavy atom. The van der Waals surface area contributed by atoms with Crippen molar-refractivity contribution < 1.29 is 22.2 Å². The number of carbonyl (C=O) groups is 2. The number of amides is 1. The van der Waals surface area contributed by atoms with E-state index in [9.17, 15) is 18.0 Å². The smallest absolute Gasteiger partial charge is 0.354 e. The third kappa shape index (κ3) is 5.38. The molecule has 0 aliphatic carbocycles. The fourth-order valence-corrected chi connectivity index (χ4v) is 3.46. The van der Waals surface area contributed by atoms with Crippen molar-refractivity contribution in [2.24, 2.45) is 5.73 Å². The van der Waals surface area contributed by atoms with Gasteiger partial charge in [0.25, 0.3) is 5.91 Å². The van der Waals surface area contributed by atoms with Crippen LogP contribution in [0.2, 0.25) is 0 Å². The molecule has 0 radical (unpaired) electrons. The van der Waals surface area contributed by atoms with Gasteiger partial charge in [-0.2, -0.15) is 8.42 Å². The second-order valence-corrected chi connectivity index (χ2v) is 8.69. The van der Waals surface area contributed by atoms with Crippen molar-refractivity contribution in [2.75, 3.05) is 11.6 Å². The minimum atomic E-state index is -4.01. The van der Waals surface area contributed by atoms with Gasteiger partial charge in [0, 0.05) is 16.8 Å². The molecule has 3 rings (SSSR count). The van der Waals surface area contributed by atoms with Crippen LogP contribution in [-0.4, -0.2) is 32.4 Å². The fraction of sp³-hybridized carbons (Fsp3) is 0.0870. The number of hydrogen-bond donors (Lipinski definition) is 3. The van der Waals surface area contributed by atoms with Crippen LogP contribution in [0.4, 0.5) is 5.69 Å². The number of benzene rings is 3. The van der Waals surface area contributed by atoms with Crippen molar-refractivity contribution in [1.29, 1.82) is 5.41 Å². The van der Waals surface area contributed by atoms with Gasteiger partial charge in [0.15, 0.2) is 0 Å². The van der Waals surface area contributed by atoms with E-state index < -0.39 is 22.0 Å². The summed E-state index contributed by atoms with van der Waals surface area (Å²) in [6, 6.07) is 17.9. The van der Waals surface area contributed by atoms with Gasteiger partial charge in [0.1, 0.15) is 5.84 Å². The zero-order valence-electron chi connectivity index (χ0n) is 17.4. The summed E-state index contributed by atoms with van der Waals surface area (Å²) in [6.07, 6.45) is 0.787. The van der Waals surface area contributed by atoms with Gasteiger partial charge in [0.2, 0.25) is 0 Å². The van der Waals surface area contributed by atoms with Crippen LogP contribution in [0.5, 0.6) is 0 Å². The Bertz CT molecular complexity index is 1320. The topological polar surface area (TPSA) is 139 Å². The highest BCUT2D eigenvalue weighted by molar-refractivity contribution is 7.86. The summed E-state index contributed by atoms with van der Waals surface area (Å²) in [5.41, 5.74) is 8.40. The number of anilines is 1. The molecule has 9 heteroatoms. The van der Waals surface area contributed by atoms with E-state index in [2.05, 4.69) is 9.50 Å². The van der Waals surface area contributed by atoms with Gasteiger partial charge in [0.05, 0.1) is 11.8 Å². The first-order valence-corrected chi connectivity index (χ1v) is 11.3. The quantitative estimate of drug-likeness (QED) is 0.298. The summed E-state index contributed by atoms with van der Waals surface area (Å²) in [4.78, 5) is 25.6. The lowest BCUT2D eigenvalue weighted by molar-refractivity contribution is 0.0748. The van der Waals surface area contributed by atoms with Crippen molar-refractivity contribution in [3.63, 3.8) is 0 Å². The fourth-order valence-electron chi connectivity index (χ4n) is 3.09. The number of nitrogens with two attached hydrogens (primary N) is 1. The molecule has 0 heterocycles. The maximum atomic E-state index is 13.1. The average molecular weight is 452 g/mol. The maximum Gasteiger partial charge on any atom is 0.354 e. The van der Waals surface area contributed by atoms with Gasteiger partial charge in [-0.1, -0.05) is 35.9 Å². The number of nitrogens with one attached hydrogen (secondary N) is 2. The van der Waals surface area contributed by atoms with Crippen molar-refractivity contribution in [2.45, 2.75) is 6.92 Å². The molecule has 0 saturated heterocycles. The van der Waals surface area contributed by atoms with Crippen LogP contribution >= 0.6 is 0 Å². The molecule has 4 N–H and O–H groups in total. The molecule has 0 bridgehead atoms. The van der Waals surface area contributed by atoms with Crippen molar-refractivity contribution in [3.8, 4) is 11.1 Å². The van der Waals surface area contributed by atoms with E-state index in [1.807, 2.05) is 6.92 Å². The zero-order valence-corrected chi connectivity index (χ0v) is 18.2. The van der Waals surface area contributed by atoms with Crippen molar-refractivity contribution in [1.82, 2.24) is 0 Å². The zero-order chi connectivity index (χ0) is 23.5. The highest BCUT2D eigenvalue weighted by Gasteiger charge is 2.21. The predicted molar refractivity (Wildman–Crippen MR) is 122 cm³/mol. The minimum Gasteiger partial charge on any atom is -0.384 e. The maximum absolute atomic E-state index is 13.1. The Hall–Kier alpha value is -3.98. The van der Waals surface area contributed by atoms with Crippen LogP contribution in [0, 0.1) is 12.3 Å². The van der Waals surface area contributed by atoms with Crippen LogP contribution in [0.1, 0.15) is 31.8 Å². The second kappa shape index (κ2) is 9.03. The molecule has 0 unspecified atom stereocenters. The molecule has 0 atom stereocenters. The molecule has 8 nitrogen and oxygen atoms in total. The molecule has 164 valence electrons. The van der Waals surface area contributed by atoms with E-state index >= 15 is 0 Å². The Balaban J connectivity index is 2.01. The van der Waals surface area contributed by atoms with Gasteiger partial charge >= 0.3 is 16.1 Å². The Morgan fingerprint density at radius 2 is 1.56 bits per heavy atom. The highest BCUT2D eigenvalue weighted by Crippen LogP contribution is 2.29. The number of nitrogen functional groups attached to an aromatic ring is 1. The molecule has 1 amide bonds. The third-order valence-electron chi connectivity index (χ3n) is 4.54. The van der Waals surface area contributed by atoms with Gasteiger partial charge in [-0.05, 0) is 54.4 Å². The average Bonchev–Trinajstić information content (AvgIpc) is 2.73. The van der Waals surface area contributed by atoms with E-state index in [1.165, 1.54) is 6.07 Å². The van der Waals surface area contributed by atoms with Crippen molar-refractivity contribution >= 4 is 33.5 Å². The molecule has 3 aromatic carbocycles. The van der Waals surface area contributed by atoms with Crippen molar-refractivity contribution in [3.05, 3.63) is 89.0 Å². The lowest BCUT2D eigenvalue weighted by Gasteiger charge is -2.14. The van der Waals surface area contributed by atoms with Crippen LogP contribution in [0.25, 0.3) is 11.1 Å². The summed E-state index contributed by atoms with van der Waals surface area (Å²) in [5.74, 6) is -1.54. The van der Waals surface area contributed by atoms with E-state index in [4.69, 9.17) is 11.1 Å². The number of aryl methyl sites for hydroxylation is 1. The largest absolute Gasteiger partial charge is 0.384 e. The Kier molecular flexibility index (Phi) is 6.40. The second-order valence-electron chi connectivity index (χ2n) is 7.11. The summed E-state index contributed by atoms with van der Waals surface area (Å²) in [6.45, 7) is 1.83. The molecular formula is C23H21N3O5S. The van der Waals surface area contributed by atoms with Gasteiger partial charge < -0.3 is 15.2 Å². The van der Waals surface area contributed by atoms with Gasteiger partial charge in [-0.25, -0.2) is 4.79 Å². The number of amidine groups is 1. The minimum absolute atomic E-state index is 0.0154. The van der Waals surface area contributed by atoms with E-state index in [0.717, 1.165) is 11.8 Å². The molecule has 32 heavy (non-hydrogen) atoms. The summed E-state index contributed by atoms with van der Waals surface area (Å²) >= 11 is 0. The Morgan fingerprint density at radius 3 is 2.19 bits per heavy atom. The number of rotatable bonds is 6. The van der Waals surface area contributed by atoms with E-state index in [1.54, 1.807) is 60.7 Å².